The molecule has 0 atom stereocenters. The zero-order valence-electron chi connectivity index (χ0n) is 16.7. The predicted octanol–water partition coefficient (Wildman–Crippen LogP) is 4.52. The van der Waals surface area contributed by atoms with Crippen molar-refractivity contribution in [1.82, 2.24) is 0 Å². The van der Waals surface area contributed by atoms with Gasteiger partial charge in [0.2, 0.25) is 0 Å². The lowest BCUT2D eigenvalue weighted by Gasteiger charge is -2.28. The van der Waals surface area contributed by atoms with Crippen LogP contribution >= 0.6 is 0 Å². The van der Waals surface area contributed by atoms with E-state index in [-0.39, 0.29) is 16.1 Å². The lowest BCUT2D eigenvalue weighted by atomic mass is 10.1. The Labute approximate surface area is 172 Å². The first-order valence-corrected chi connectivity index (χ1v) is 11.6. The van der Waals surface area contributed by atoms with E-state index in [1.807, 2.05) is 6.92 Å². The molecule has 156 valence electrons. The highest BCUT2D eigenvalue weighted by molar-refractivity contribution is 7.92. The second kappa shape index (κ2) is 9.31. The average Bonchev–Trinajstić information content (AvgIpc) is 2.68. The van der Waals surface area contributed by atoms with Crippen LogP contribution in [0.3, 0.4) is 0 Å². The Balaban J connectivity index is 1.86. The van der Waals surface area contributed by atoms with Crippen molar-refractivity contribution < 1.29 is 18.3 Å². The first-order valence-electron chi connectivity index (χ1n) is 10.1. The van der Waals surface area contributed by atoms with Gasteiger partial charge in [-0.15, -0.1) is 0 Å². The van der Waals surface area contributed by atoms with Gasteiger partial charge in [0.05, 0.1) is 16.1 Å². The molecule has 3 rings (SSSR count). The lowest BCUT2D eigenvalue weighted by Crippen LogP contribution is -2.28. The molecule has 0 saturated carbocycles. The lowest BCUT2D eigenvalue weighted by molar-refractivity contribution is 0.0697. The van der Waals surface area contributed by atoms with E-state index in [0.717, 1.165) is 50.8 Å². The molecular weight excluding hydrogens is 388 g/mol. The zero-order chi connectivity index (χ0) is 20.9. The third-order valence-corrected chi connectivity index (χ3v) is 6.72. The summed E-state index contributed by atoms with van der Waals surface area (Å²) >= 11 is 0. The van der Waals surface area contributed by atoms with Crippen LogP contribution in [0.5, 0.6) is 0 Å². The van der Waals surface area contributed by atoms with E-state index in [9.17, 15) is 18.3 Å². The van der Waals surface area contributed by atoms with Crippen LogP contribution in [-0.4, -0.2) is 32.6 Å². The number of hydrogen-bond acceptors (Lipinski definition) is 4. The van der Waals surface area contributed by atoms with Crippen LogP contribution in [0.1, 0.15) is 54.9 Å². The smallest absolute Gasteiger partial charge is 0.337 e. The second-order valence-corrected chi connectivity index (χ2v) is 9.08. The van der Waals surface area contributed by atoms with Gasteiger partial charge in [0.1, 0.15) is 0 Å². The first kappa shape index (κ1) is 21.2. The highest BCUT2D eigenvalue weighted by atomic mass is 32.2. The molecular formula is C22H28N2O4S. The number of nitrogens with one attached hydrogen (secondary N) is 1. The molecule has 6 nitrogen and oxygen atoms in total. The number of nitrogens with zero attached hydrogens (tertiary/aromatic N) is 1. The van der Waals surface area contributed by atoms with Gasteiger partial charge in [-0.05, 0) is 55.2 Å². The van der Waals surface area contributed by atoms with Crippen LogP contribution in [-0.2, 0) is 16.4 Å². The topological polar surface area (TPSA) is 86.7 Å². The molecule has 1 aliphatic rings. The van der Waals surface area contributed by atoms with Crippen LogP contribution in [0, 0.1) is 0 Å². The second-order valence-electron chi connectivity index (χ2n) is 7.39. The third kappa shape index (κ3) is 5.29. The van der Waals surface area contributed by atoms with Crippen molar-refractivity contribution in [2.24, 2.45) is 0 Å². The van der Waals surface area contributed by atoms with E-state index in [2.05, 4.69) is 9.62 Å². The van der Waals surface area contributed by atoms with Gasteiger partial charge in [0, 0.05) is 18.8 Å². The first-order chi connectivity index (χ1) is 13.9. The largest absolute Gasteiger partial charge is 0.478 e. The minimum Gasteiger partial charge on any atom is -0.478 e. The Morgan fingerprint density at radius 1 is 1.00 bits per heavy atom. The standard InChI is InChI=1S/C22H28N2O4S/c1-2-17-8-11-19(12-9-17)29(27,28)23-18-10-13-21(20(16-18)22(25)26)24-14-6-4-3-5-7-15-24/h8-13,16,23H,2-7,14-15H2,1H3,(H,25,26). The molecule has 0 aromatic heterocycles. The van der Waals surface area contributed by atoms with Crippen molar-refractivity contribution in [3.05, 3.63) is 53.6 Å². The van der Waals surface area contributed by atoms with E-state index in [1.54, 1.807) is 36.4 Å². The van der Waals surface area contributed by atoms with Gasteiger partial charge in [-0.25, -0.2) is 13.2 Å². The monoisotopic (exact) mass is 416 g/mol. The number of sulfonamides is 1. The highest BCUT2D eigenvalue weighted by Gasteiger charge is 2.20. The van der Waals surface area contributed by atoms with Gasteiger partial charge in [-0.2, -0.15) is 0 Å². The Bertz CT molecular complexity index is 947. The van der Waals surface area contributed by atoms with Crippen LogP contribution in [0.15, 0.2) is 47.4 Å². The van der Waals surface area contributed by atoms with Crippen molar-refractivity contribution in [2.45, 2.75) is 50.3 Å². The summed E-state index contributed by atoms with van der Waals surface area (Å²) in [7, 11) is -3.79. The Kier molecular flexibility index (Phi) is 6.79. The molecule has 0 radical (unpaired) electrons. The fourth-order valence-electron chi connectivity index (χ4n) is 3.65. The summed E-state index contributed by atoms with van der Waals surface area (Å²) in [6, 6.07) is 11.4. The number of hydrogen-bond donors (Lipinski definition) is 2. The molecule has 0 spiro atoms. The summed E-state index contributed by atoms with van der Waals surface area (Å²) in [5, 5.41) is 9.72. The van der Waals surface area contributed by atoms with Gasteiger partial charge in [-0.3, -0.25) is 4.72 Å². The van der Waals surface area contributed by atoms with E-state index >= 15 is 0 Å². The minimum atomic E-state index is -3.79. The van der Waals surface area contributed by atoms with E-state index in [0.29, 0.717) is 5.69 Å². The van der Waals surface area contributed by atoms with Crippen LogP contribution in [0.2, 0.25) is 0 Å². The molecule has 1 fully saturated rings. The molecule has 2 N–H and O–H groups in total. The SMILES string of the molecule is CCc1ccc(S(=O)(=O)Nc2ccc(N3CCCCCCC3)c(C(=O)O)c2)cc1. The number of aromatic carboxylic acids is 1. The molecule has 1 saturated heterocycles. The van der Waals surface area contributed by atoms with Gasteiger partial charge in [-0.1, -0.05) is 38.3 Å². The number of benzene rings is 2. The summed E-state index contributed by atoms with van der Waals surface area (Å²) in [6.45, 7) is 3.63. The normalized spacial score (nSPS) is 15.4. The summed E-state index contributed by atoms with van der Waals surface area (Å²) in [6.07, 6.45) is 6.40. The molecule has 1 aliphatic heterocycles. The number of aryl methyl sites for hydroxylation is 1. The summed E-state index contributed by atoms with van der Waals surface area (Å²) in [5.41, 5.74) is 2.06. The van der Waals surface area contributed by atoms with Crippen LogP contribution in [0.4, 0.5) is 11.4 Å². The molecule has 0 amide bonds. The summed E-state index contributed by atoms with van der Waals surface area (Å²) in [4.78, 5) is 14.1. The van der Waals surface area contributed by atoms with E-state index < -0.39 is 16.0 Å². The minimum absolute atomic E-state index is 0.118. The Hall–Kier alpha value is -2.54. The molecule has 7 heteroatoms. The average molecular weight is 417 g/mol. The molecule has 0 bridgehead atoms. The zero-order valence-corrected chi connectivity index (χ0v) is 17.5. The maximum Gasteiger partial charge on any atom is 0.337 e. The van der Waals surface area contributed by atoms with E-state index in [4.69, 9.17) is 0 Å². The van der Waals surface area contributed by atoms with Crippen molar-refractivity contribution in [2.75, 3.05) is 22.7 Å². The molecule has 2 aromatic rings. The summed E-state index contributed by atoms with van der Waals surface area (Å²) < 4.78 is 27.9. The van der Waals surface area contributed by atoms with Crippen molar-refractivity contribution in [1.29, 1.82) is 0 Å². The predicted molar refractivity (Wildman–Crippen MR) is 115 cm³/mol. The van der Waals surface area contributed by atoms with Gasteiger partial charge >= 0.3 is 5.97 Å². The van der Waals surface area contributed by atoms with Crippen molar-refractivity contribution in [3.63, 3.8) is 0 Å². The van der Waals surface area contributed by atoms with E-state index in [1.165, 1.54) is 12.5 Å². The fraction of sp³-hybridized carbons (Fsp3) is 0.409. The number of rotatable bonds is 6. The van der Waals surface area contributed by atoms with Crippen molar-refractivity contribution >= 4 is 27.4 Å². The highest BCUT2D eigenvalue weighted by Crippen LogP contribution is 2.28. The van der Waals surface area contributed by atoms with Gasteiger partial charge < -0.3 is 10.0 Å². The maximum absolute atomic E-state index is 12.7. The van der Waals surface area contributed by atoms with Crippen molar-refractivity contribution in [3.8, 4) is 0 Å². The number of anilines is 2. The van der Waals surface area contributed by atoms with Crippen LogP contribution < -0.4 is 9.62 Å². The third-order valence-electron chi connectivity index (χ3n) is 5.32. The Morgan fingerprint density at radius 3 is 2.21 bits per heavy atom. The van der Waals surface area contributed by atoms with Crippen LogP contribution in [0.25, 0.3) is 0 Å². The number of carboxylic acid groups (broad SMARTS) is 1. The van der Waals surface area contributed by atoms with Gasteiger partial charge in [0.15, 0.2) is 0 Å². The van der Waals surface area contributed by atoms with Gasteiger partial charge in [0.25, 0.3) is 10.0 Å². The quantitative estimate of drug-likeness (QED) is 0.723. The number of carbonyl (C=O) groups is 1. The Morgan fingerprint density at radius 2 is 1.62 bits per heavy atom. The fourth-order valence-corrected chi connectivity index (χ4v) is 4.70. The number of carboxylic acids is 1. The molecule has 2 aromatic carbocycles. The molecule has 0 aliphatic carbocycles. The summed E-state index contributed by atoms with van der Waals surface area (Å²) in [5.74, 6) is -1.06. The molecule has 1 heterocycles. The maximum atomic E-state index is 12.7. The molecule has 0 unspecified atom stereocenters. The molecule has 29 heavy (non-hydrogen) atoms.